The van der Waals surface area contributed by atoms with Crippen molar-refractivity contribution in [2.45, 2.75) is 13.0 Å². The van der Waals surface area contributed by atoms with Crippen molar-refractivity contribution in [3.8, 4) is 11.5 Å². The third-order valence-electron chi connectivity index (χ3n) is 3.13. The van der Waals surface area contributed by atoms with Gasteiger partial charge in [0, 0.05) is 0 Å². The van der Waals surface area contributed by atoms with Gasteiger partial charge in [-0.3, -0.25) is 10.1 Å². The van der Waals surface area contributed by atoms with Crippen LogP contribution in [0, 0.1) is 15.9 Å². The van der Waals surface area contributed by atoms with Gasteiger partial charge < -0.3 is 14.8 Å². The molecule has 1 N–H and O–H groups in total. The average molecular weight is 320 g/mol. The van der Waals surface area contributed by atoms with Crippen LogP contribution in [0.4, 0.5) is 15.8 Å². The molecule has 0 aliphatic rings. The van der Waals surface area contributed by atoms with Crippen LogP contribution in [0.15, 0.2) is 42.5 Å². The zero-order valence-corrected chi connectivity index (χ0v) is 12.8. The molecule has 1 atom stereocenters. The van der Waals surface area contributed by atoms with E-state index in [9.17, 15) is 14.5 Å². The summed E-state index contributed by atoms with van der Waals surface area (Å²) in [4.78, 5) is 10.3. The number of hydrogen-bond donors (Lipinski definition) is 1. The first kappa shape index (κ1) is 16.5. The van der Waals surface area contributed by atoms with Crippen LogP contribution in [0.2, 0.25) is 0 Å². The number of nitro benzene ring substituents is 1. The summed E-state index contributed by atoms with van der Waals surface area (Å²) >= 11 is 0. The normalized spacial score (nSPS) is 11.6. The summed E-state index contributed by atoms with van der Waals surface area (Å²) in [5.74, 6) is 0.533. The Kier molecular flexibility index (Phi) is 5.35. The maximum Gasteiger partial charge on any atom is 0.295 e. The summed E-state index contributed by atoms with van der Waals surface area (Å²) < 4.78 is 24.1. The molecular formula is C16H17FN2O4. The molecule has 0 heterocycles. The predicted octanol–water partition coefficient (Wildman–Crippen LogP) is 3.62. The van der Waals surface area contributed by atoms with Crippen LogP contribution < -0.4 is 14.8 Å². The lowest BCUT2D eigenvalue weighted by Gasteiger charge is -2.17. The van der Waals surface area contributed by atoms with Crippen LogP contribution in [0.5, 0.6) is 11.5 Å². The number of nitrogens with zero attached hydrogens (tertiary/aromatic N) is 1. The van der Waals surface area contributed by atoms with Gasteiger partial charge in [0.1, 0.15) is 17.6 Å². The van der Waals surface area contributed by atoms with Crippen LogP contribution >= 0.6 is 0 Å². The summed E-state index contributed by atoms with van der Waals surface area (Å²) in [6.45, 7) is 2.12. The highest BCUT2D eigenvalue weighted by atomic mass is 19.1. The molecule has 2 aromatic rings. The molecule has 0 amide bonds. The molecule has 0 saturated heterocycles. The monoisotopic (exact) mass is 320 g/mol. The lowest BCUT2D eigenvalue weighted by molar-refractivity contribution is -0.384. The highest BCUT2D eigenvalue weighted by Gasteiger charge is 2.16. The Morgan fingerprint density at radius 2 is 1.96 bits per heavy atom. The van der Waals surface area contributed by atoms with E-state index in [0.717, 1.165) is 6.07 Å². The predicted molar refractivity (Wildman–Crippen MR) is 84.6 cm³/mol. The van der Waals surface area contributed by atoms with Crippen molar-refractivity contribution in [2.75, 3.05) is 19.0 Å². The molecule has 122 valence electrons. The summed E-state index contributed by atoms with van der Waals surface area (Å²) in [6, 6.07) is 10.6. The third-order valence-corrected chi connectivity index (χ3v) is 3.13. The van der Waals surface area contributed by atoms with Gasteiger partial charge in [0.15, 0.2) is 11.5 Å². The van der Waals surface area contributed by atoms with Gasteiger partial charge in [0.2, 0.25) is 0 Å². The van der Waals surface area contributed by atoms with Crippen molar-refractivity contribution in [1.29, 1.82) is 0 Å². The van der Waals surface area contributed by atoms with E-state index < -0.39 is 10.7 Å². The molecule has 2 aromatic carbocycles. The summed E-state index contributed by atoms with van der Waals surface area (Å²) in [7, 11) is 1.55. The Hall–Kier alpha value is -2.83. The van der Waals surface area contributed by atoms with Crippen LogP contribution in [0.25, 0.3) is 0 Å². The number of rotatable bonds is 7. The quantitative estimate of drug-likeness (QED) is 0.623. The highest BCUT2D eigenvalue weighted by Crippen LogP contribution is 2.28. The molecular weight excluding hydrogens is 303 g/mol. The lowest BCUT2D eigenvalue weighted by Crippen LogP contribution is -2.23. The second kappa shape index (κ2) is 7.44. The van der Waals surface area contributed by atoms with Crippen LogP contribution in [-0.2, 0) is 0 Å². The summed E-state index contributed by atoms with van der Waals surface area (Å²) in [5.41, 5.74) is -0.0682. The van der Waals surface area contributed by atoms with E-state index in [1.807, 2.05) is 19.1 Å². The van der Waals surface area contributed by atoms with Gasteiger partial charge in [-0.25, -0.2) is 4.39 Å². The number of nitrogens with one attached hydrogen (secondary N) is 1. The Morgan fingerprint density at radius 3 is 2.61 bits per heavy atom. The topological polar surface area (TPSA) is 73.6 Å². The Labute approximate surface area is 133 Å². The number of nitro groups is 1. The van der Waals surface area contributed by atoms with Crippen molar-refractivity contribution < 1.29 is 18.8 Å². The lowest BCUT2D eigenvalue weighted by atomic mass is 10.2. The van der Waals surface area contributed by atoms with Crippen LogP contribution in [0.3, 0.4) is 0 Å². The van der Waals surface area contributed by atoms with E-state index in [4.69, 9.17) is 9.47 Å². The molecule has 0 spiro atoms. The first-order chi connectivity index (χ1) is 11.0. The third kappa shape index (κ3) is 4.32. The fourth-order valence-electron chi connectivity index (χ4n) is 2.03. The van der Waals surface area contributed by atoms with Crippen LogP contribution in [0.1, 0.15) is 6.92 Å². The summed E-state index contributed by atoms with van der Waals surface area (Å²) in [5, 5.41) is 13.8. The minimum Gasteiger partial charge on any atom is -0.493 e. The SMILES string of the molecule is COc1ccccc1OC(C)CNc1ccc(F)cc1[N+](=O)[O-]. The highest BCUT2D eigenvalue weighted by molar-refractivity contribution is 5.61. The fourth-order valence-corrected chi connectivity index (χ4v) is 2.03. The molecule has 0 bridgehead atoms. The second-order valence-corrected chi connectivity index (χ2v) is 4.88. The van der Waals surface area contributed by atoms with Gasteiger partial charge in [0.05, 0.1) is 24.6 Å². The molecule has 7 heteroatoms. The van der Waals surface area contributed by atoms with Gasteiger partial charge in [0.25, 0.3) is 5.69 Å². The molecule has 0 radical (unpaired) electrons. The number of halogens is 1. The van der Waals surface area contributed by atoms with E-state index in [1.165, 1.54) is 12.1 Å². The maximum absolute atomic E-state index is 13.1. The van der Waals surface area contributed by atoms with E-state index in [2.05, 4.69) is 5.32 Å². The van der Waals surface area contributed by atoms with Crippen molar-refractivity contribution in [3.05, 3.63) is 58.4 Å². The molecule has 1 unspecified atom stereocenters. The van der Waals surface area contributed by atoms with Crippen molar-refractivity contribution in [1.82, 2.24) is 0 Å². The van der Waals surface area contributed by atoms with E-state index in [0.29, 0.717) is 18.0 Å². The van der Waals surface area contributed by atoms with Crippen molar-refractivity contribution in [3.63, 3.8) is 0 Å². The minimum absolute atomic E-state index is 0.242. The Balaban J connectivity index is 2.02. The number of hydrogen-bond acceptors (Lipinski definition) is 5. The molecule has 6 nitrogen and oxygen atoms in total. The Morgan fingerprint density at radius 1 is 1.26 bits per heavy atom. The van der Waals surface area contributed by atoms with Gasteiger partial charge in [-0.1, -0.05) is 12.1 Å². The standard InChI is InChI=1S/C16H17FN2O4/c1-11(23-16-6-4-3-5-15(16)22-2)10-18-13-8-7-12(17)9-14(13)19(20)21/h3-9,11,18H,10H2,1-2H3. The summed E-state index contributed by atoms with van der Waals surface area (Å²) in [6.07, 6.45) is -0.282. The van der Waals surface area contributed by atoms with Gasteiger partial charge in [-0.2, -0.15) is 0 Å². The molecule has 0 aliphatic heterocycles. The van der Waals surface area contributed by atoms with Crippen LogP contribution in [-0.4, -0.2) is 24.7 Å². The Bertz CT molecular complexity index is 694. The second-order valence-electron chi connectivity index (χ2n) is 4.88. The first-order valence-electron chi connectivity index (χ1n) is 6.98. The number of benzene rings is 2. The largest absolute Gasteiger partial charge is 0.493 e. The zero-order valence-electron chi connectivity index (χ0n) is 12.8. The van der Waals surface area contributed by atoms with E-state index in [-0.39, 0.29) is 17.5 Å². The smallest absolute Gasteiger partial charge is 0.295 e. The van der Waals surface area contributed by atoms with Crippen molar-refractivity contribution in [2.24, 2.45) is 0 Å². The number of methoxy groups -OCH3 is 1. The maximum atomic E-state index is 13.1. The van der Waals surface area contributed by atoms with Gasteiger partial charge in [-0.05, 0) is 31.2 Å². The van der Waals surface area contributed by atoms with Crippen molar-refractivity contribution >= 4 is 11.4 Å². The number of anilines is 1. The van der Waals surface area contributed by atoms with E-state index in [1.54, 1.807) is 19.2 Å². The average Bonchev–Trinajstić information content (AvgIpc) is 2.54. The molecule has 0 aromatic heterocycles. The molecule has 2 rings (SSSR count). The minimum atomic E-state index is -0.652. The van der Waals surface area contributed by atoms with Gasteiger partial charge >= 0.3 is 0 Å². The molecule has 23 heavy (non-hydrogen) atoms. The number of ether oxygens (including phenoxy) is 2. The number of para-hydroxylation sites is 2. The molecule has 0 saturated carbocycles. The van der Waals surface area contributed by atoms with Gasteiger partial charge in [-0.15, -0.1) is 0 Å². The zero-order chi connectivity index (χ0) is 16.8. The first-order valence-corrected chi connectivity index (χ1v) is 6.98. The molecule has 0 aliphatic carbocycles. The fraction of sp³-hybridized carbons (Fsp3) is 0.250. The van der Waals surface area contributed by atoms with E-state index >= 15 is 0 Å². The molecule has 0 fully saturated rings.